The molecule has 3 rings (SSSR count). The first-order chi connectivity index (χ1) is 9.06. The lowest BCUT2D eigenvalue weighted by Crippen LogP contribution is -2.40. The van der Waals surface area contributed by atoms with E-state index in [4.69, 9.17) is 0 Å². The second kappa shape index (κ2) is 4.91. The number of aryl methyl sites for hydroxylation is 2. The fourth-order valence-corrected chi connectivity index (χ4v) is 4.03. The first-order valence-corrected chi connectivity index (χ1v) is 8.01. The van der Waals surface area contributed by atoms with Gasteiger partial charge in [-0.2, -0.15) is 0 Å². The topological polar surface area (TPSA) is 32.3 Å². The molecule has 1 N–H and O–H groups in total. The summed E-state index contributed by atoms with van der Waals surface area (Å²) >= 11 is 1.83. The molecule has 1 aromatic heterocycles. The predicted molar refractivity (Wildman–Crippen MR) is 78.5 cm³/mol. The van der Waals surface area contributed by atoms with Crippen LogP contribution >= 0.6 is 11.3 Å². The molecule has 2 fully saturated rings. The molecule has 0 bridgehead atoms. The van der Waals surface area contributed by atoms with Crippen molar-refractivity contribution in [3.05, 3.63) is 21.4 Å². The molecule has 1 aliphatic heterocycles. The van der Waals surface area contributed by atoms with Crippen molar-refractivity contribution < 1.29 is 4.79 Å². The Kier molecular flexibility index (Phi) is 3.39. The quantitative estimate of drug-likeness (QED) is 0.918. The number of thiophene rings is 1. The summed E-state index contributed by atoms with van der Waals surface area (Å²) < 4.78 is 0. The molecule has 1 aromatic rings. The molecule has 1 aliphatic carbocycles. The van der Waals surface area contributed by atoms with Crippen molar-refractivity contribution in [3.63, 3.8) is 0 Å². The molecule has 4 heteroatoms. The van der Waals surface area contributed by atoms with Crippen LogP contribution in [0.4, 0.5) is 0 Å². The minimum absolute atomic E-state index is 0.0648. The molecule has 19 heavy (non-hydrogen) atoms. The predicted octanol–water partition coefficient (Wildman–Crippen LogP) is 2.78. The maximum Gasteiger partial charge on any atom is 0.240 e. The number of likely N-dealkylation sites (tertiary alicyclic amines) is 1. The van der Waals surface area contributed by atoms with Crippen LogP contribution in [0, 0.1) is 13.8 Å². The summed E-state index contributed by atoms with van der Waals surface area (Å²) in [7, 11) is 0. The average molecular weight is 278 g/mol. The number of nitrogens with zero attached hydrogens (tertiary/aromatic N) is 1. The first-order valence-electron chi connectivity index (χ1n) is 7.19. The zero-order valence-electron chi connectivity index (χ0n) is 11.9. The second-order valence-electron chi connectivity index (χ2n) is 5.86. The molecule has 2 aliphatic rings. The van der Waals surface area contributed by atoms with Gasteiger partial charge in [0.15, 0.2) is 0 Å². The monoisotopic (exact) mass is 278 g/mol. The van der Waals surface area contributed by atoms with Crippen molar-refractivity contribution in [2.75, 3.05) is 6.54 Å². The van der Waals surface area contributed by atoms with E-state index in [0.29, 0.717) is 11.9 Å². The number of hydrogen-bond acceptors (Lipinski definition) is 3. The molecule has 2 atom stereocenters. The van der Waals surface area contributed by atoms with Crippen LogP contribution < -0.4 is 5.32 Å². The average Bonchev–Trinajstić information content (AvgIpc) is 3.01. The van der Waals surface area contributed by atoms with E-state index >= 15 is 0 Å². The van der Waals surface area contributed by atoms with Gasteiger partial charge in [-0.15, -0.1) is 11.3 Å². The molecule has 0 spiro atoms. The minimum Gasteiger partial charge on any atom is -0.334 e. The number of carbonyl (C=O) groups excluding carboxylic acids is 1. The van der Waals surface area contributed by atoms with Crippen molar-refractivity contribution in [3.8, 4) is 0 Å². The lowest BCUT2D eigenvalue weighted by Gasteiger charge is -2.25. The smallest absolute Gasteiger partial charge is 0.240 e. The minimum atomic E-state index is 0.0648. The molecular weight excluding hydrogens is 256 g/mol. The van der Waals surface area contributed by atoms with Gasteiger partial charge in [0.1, 0.15) is 0 Å². The Bertz CT molecular complexity index is 492. The molecule has 2 unspecified atom stereocenters. The standard InChI is InChI=1S/C15H22N2OS/c1-9-8-13(11(3)19-9)10(2)17-7-6-14(15(17)18)16-12-4-5-12/h8,10,12,14,16H,4-7H2,1-3H3. The lowest BCUT2D eigenvalue weighted by atomic mass is 10.1. The van der Waals surface area contributed by atoms with Gasteiger partial charge in [0.05, 0.1) is 12.1 Å². The zero-order chi connectivity index (χ0) is 13.6. The molecule has 0 radical (unpaired) electrons. The number of rotatable bonds is 4. The van der Waals surface area contributed by atoms with E-state index in [-0.39, 0.29) is 12.1 Å². The van der Waals surface area contributed by atoms with Gasteiger partial charge in [0, 0.05) is 22.3 Å². The van der Waals surface area contributed by atoms with Crippen LogP contribution in [-0.4, -0.2) is 29.4 Å². The van der Waals surface area contributed by atoms with Gasteiger partial charge in [-0.05, 0) is 51.7 Å². The summed E-state index contributed by atoms with van der Waals surface area (Å²) in [6.07, 6.45) is 3.44. The Morgan fingerprint density at radius 3 is 2.68 bits per heavy atom. The maximum atomic E-state index is 12.5. The maximum absolute atomic E-state index is 12.5. The van der Waals surface area contributed by atoms with Crippen LogP contribution in [0.15, 0.2) is 6.07 Å². The van der Waals surface area contributed by atoms with Gasteiger partial charge in [-0.25, -0.2) is 0 Å². The van der Waals surface area contributed by atoms with Gasteiger partial charge < -0.3 is 10.2 Å². The highest BCUT2D eigenvalue weighted by Crippen LogP contribution is 2.33. The first kappa shape index (κ1) is 13.1. The normalized spacial score (nSPS) is 25.1. The summed E-state index contributed by atoms with van der Waals surface area (Å²) in [5.74, 6) is 0.294. The largest absolute Gasteiger partial charge is 0.334 e. The Balaban J connectivity index is 1.71. The number of amides is 1. The Morgan fingerprint density at radius 1 is 1.37 bits per heavy atom. The van der Waals surface area contributed by atoms with Crippen molar-refractivity contribution >= 4 is 17.2 Å². The van der Waals surface area contributed by atoms with Crippen molar-refractivity contribution in [1.29, 1.82) is 0 Å². The van der Waals surface area contributed by atoms with Crippen LogP contribution in [0.25, 0.3) is 0 Å². The van der Waals surface area contributed by atoms with E-state index in [0.717, 1.165) is 13.0 Å². The highest BCUT2D eigenvalue weighted by Gasteiger charge is 2.38. The fraction of sp³-hybridized carbons (Fsp3) is 0.667. The van der Waals surface area contributed by atoms with Gasteiger partial charge in [0.2, 0.25) is 5.91 Å². The van der Waals surface area contributed by atoms with Gasteiger partial charge in [0.25, 0.3) is 0 Å². The highest BCUT2D eigenvalue weighted by atomic mass is 32.1. The van der Waals surface area contributed by atoms with E-state index in [1.165, 1.54) is 28.2 Å². The molecule has 1 saturated heterocycles. The fourth-order valence-electron chi connectivity index (χ4n) is 3.01. The third-order valence-corrected chi connectivity index (χ3v) is 5.23. The van der Waals surface area contributed by atoms with Crippen LogP contribution in [0.2, 0.25) is 0 Å². The summed E-state index contributed by atoms with van der Waals surface area (Å²) in [5, 5.41) is 3.47. The number of hydrogen-bond donors (Lipinski definition) is 1. The Hall–Kier alpha value is -0.870. The second-order valence-corrected chi connectivity index (χ2v) is 7.32. The van der Waals surface area contributed by atoms with Crippen molar-refractivity contribution in [1.82, 2.24) is 10.2 Å². The molecule has 0 aromatic carbocycles. The summed E-state index contributed by atoms with van der Waals surface area (Å²) in [5.41, 5.74) is 1.32. The van der Waals surface area contributed by atoms with E-state index in [1.54, 1.807) is 0 Å². The lowest BCUT2D eigenvalue weighted by molar-refractivity contribution is -0.131. The van der Waals surface area contributed by atoms with Gasteiger partial charge >= 0.3 is 0 Å². The summed E-state index contributed by atoms with van der Waals surface area (Å²) in [6, 6.07) is 3.12. The van der Waals surface area contributed by atoms with Crippen molar-refractivity contribution in [2.45, 2.75) is 58.2 Å². The van der Waals surface area contributed by atoms with Crippen molar-refractivity contribution in [2.24, 2.45) is 0 Å². The zero-order valence-corrected chi connectivity index (χ0v) is 12.7. The molecule has 1 amide bonds. The van der Waals surface area contributed by atoms with E-state index in [1.807, 2.05) is 11.3 Å². The third kappa shape index (κ3) is 2.56. The van der Waals surface area contributed by atoms with E-state index in [2.05, 4.69) is 37.1 Å². The molecule has 1 saturated carbocycles. The number of carbonyl (C=O) groups is 1. The van der Waals surface area contributed by atoms with Crippen LogP contribution in [-0.2, 0) is 4.79 Å². The molecule has 2 heterocycles. The van der Waals surface area contributed by atoms with E-state index < -0.39 is 0 Å². The van der Waals surface area contributed by atoms with Crippen LogP contribution in [0.5, 0.6) is 0 Å². The molecular formula is C15H22N2OS. The number of nitrogens with one attached hydrogen (secondary N) is 1. The van der Waals surface area contributed by atoms with Crippen LogP contribution in [0.3, 0.4) is 0 Å². The Morgan fingerprint density at radius 2 is 2.11 bits per heavy atom. The van der Waals surface area contributed by atoms with Gasteiger partial charge in [-0.1, -0.05) is 0 Å². The SMILES string of the molecule is Cc1cc(C(C)N2CCC(NC3CC3)C2=O)c(C)s1. The third-order valence-electron chi connectivity index (χ3n) is 4.25. The summed E-state index contributed by atoms with van der Waals surface area (Å²) in [4.78, 5) is 17.2. The van der Waals surface area contributed by atoms with E-state index in [9.17, 15) is 4.79 Å². The van der Waals surface area contributed by atoms with Gasteiger partial charge in [-0.3, -0.25) is 4.79 Å². The van der Waals surface area contributed by atoms with Crippen LogP contribution in [0.1, 0.15) is 47.5 Å². The summed E-state index contributed by atoms with van der Waals surface area (Å²) in [6.45, 7) is 7.34. The molecule has 104 valence electrons. The molecule has 3 nitrogen and oxygen atoms in total. The Labute approximate surface area is 119 Å². The highest BCUT2D eigenvalue weighted by molar-refractivity contribution is 7.12.